The van der Waals surface area contributed by atoms with Crippen molar-refractivity contribution in [3.05, 3.63) is 17.7 Å². The summed E-state index contributed by atoms with van der Waals surface area (Å²) in [4.78, 5) is 8.93. The molecule has 3 rings (SSSR count). The summed E-state index contributed by atoms with van der Waals surface area (Å²) in [6, 6.07) is 0.673. The Labute approximate surface area is 77.6 Å². The van der Waals surface area contributed by atoms with Gasteiger partial charge >= 0.3 is 0 Å². The van der Waals surface area contributed by atoms with Crippen LogP contribution < -0.4 is 5.32 Å². The molecule has 0 saturated heterocycles. The Bertz CT molecular complexity index is 359. The molecular weight excluding hydrogens is 162 g/mol. The van der Waals surface area contributed by atoms with Crippen LogP contribution in [0.2, 0.25) is 0 Å². The molecule has 1 saturated carbocycles. The Morgan fingerprint density at radius 1 is 1.54 bits per heavy atom. The molecule has 68 valence electrons. The van der Waals surface area contributed by atoms with Gasteiger partial charge in [-0.15, -0.1) is 0 Å². The lowest BCUT2D eigenvalue weighted by Crippen LogP contribution is -2.02. The van der Waals surface area contributed by atoms with Crippen LogP contribution in [0.15, 0.2) is 6.20 Å². The van der Waals surface area contributed by atoms with Crippen molar-refractivity contribution in [2.75, 3.05) is 5.32 Å². The molecule has 0 spiro atoms. The lowest BCUT2D eigenvalue weighted by molar-refractivity contribution is 0.762. The minimum atomic E-state index is 0.433. The Hall–Kier alpha value is -1.12. The number of anilines is 1. The number of hydrogen-bond acceptors (Lipinski definition) is 3. The van der Waals surface area contributed by atoms with Gasteiger partial charge in [0.2, 0.25) is 0 Å². The zero-order chi connectivity index (χ0) is 9.00. The van der Waals surface area contributed by atoms with Crippen molar-refractivity contribution in [3.8, 4) is 0 Å². The number of fused-ring (bicyclic) bond motifs is 3. The molecule has 2 aliphatic rings. The van der Waals surface area contributed by atoms with E-state index in [-0.39, 0.29) is 0 Å². The van der Waals surface area contributed by atoms with Crippen LogP contribution in [0.25, 0.3) is 0 Å². The zero-order valence-corrected chi connectivity index (χ0v) is 7.91. The van der Waals surface area contributed by atoms with E-state index in [4.69, 9.17) is 0 Å². The van der Waals surface area contributed by atoms with Gasteiger partial charge in [0.1, 0.15) is 5.82 Å². The van der Waals surface area contributed by atoms with Crippen molar-refractivity contribution in [2.45, 2.75) is 38.1 Å². The summed E-state index contributed by atoms with van der Waals surface area (Å²) in [5, 5.41) is 3.41. The molecular formula is C10H13N3. The van der Waals surface area contributed by atoms with Crippen LogP contribution in [-0.2, 0) is 0 Å². The normalized spacial score (nSPS) is 28.2. The molecule has 1 fully saturated rings. The molecule has 3 nitrogen and oxygen atoms in total. The van der Waals surface area contributed by atoms with Gasteiger partial charge in [-0.25, -0.2) is 9.97 Å². The zero-order valence-electron chi connectivity index (χ0n) is 7.91. The monoisotopic (exact) mass is 175 g/mol. The molecule has 13 heavy (non-hydrogen) atoms. The summed E-state index contributed by atoms with van der Waals surface area (Å²) in [6.45, 7) is 4.27. The third kappa shape index (κ3) is 0.961. The summed E-state index contributed by atoms with van der Waals surface area (Å²) in [6.07, 6.45) is 3.20. The molecule has 1 N–H and O–H groups in total. The first-order valence-corrected chi connectivity index (χ1v) is 4.89. The predicted molar refractivity (Wildman–Crippen MR) is 50.9 cm³/mol. The smallest absolute Gasteiger partial charge is 0.131 e. The highest BCUT2D eigenvalue weighted by atomic mass is 15.1. The lowest BCUT2D eigenvalue weighted by atomic mass is 10.2. The first-order chi connectivity index (χ1) is 6.25. The number of nitrogens with zero attached hydrogens (tertiary/aromatic N) is 2. The fraction of sp³-hybridized carbons (Fsp3) is 0.600. The Kier molecular flexibility index (Phi) is 1.25. The van der Waals surface area contributed by atoms with Crippen molar-refractivity contribution in [2.24, 2.45) is 0 Å². The van der Waals surface area contributed by atoms with Crippen molar-refractivity contribution < 1.29 is 0 Å². The average molecular weight is 175 g/mol. The van der Waals surface area contributed by atoms with E-state index in [1.165, 1.54) is 12.1 Å². The Balaban J connectivity index is 2.06. The molecule has 0 radical (unpaired) electrons. The molecule has 0 amide bonds. The molecule has 1 aromatic heterocycles. The van der Waals surface area contributed by atoms with E-state index in [0.717, 1.165) is 11.5 Å². The molecule has 0 aromatic carbocycles. The van der Waals surface area contributed by atoms with E-state index in [9.17, 15) is 0 Å². The summed E-state index contributed by atoms with van der Waals surface area (Å²) in [5.74, 6) is 2.10. The van der Waals surface area contributed by atoms with E-state index in [1.807, 2.05) is 6.20 Å². The third-order valence-electron chi connectivity index (χ3n) is 2.84. The minimum Gasteiger partial charge on any atom is -0.379 e. The first kappa shape index (κ1) is 7.30. The summed E-state index contributed by atoms with van der Waals surface area (Å²) < 4.78 is 0. The predicted octanol–water partition coefficient (Wildman–Crippen LogP) is 1.88. The summed E-state index contributed by atoms with van der Waals surface area (Å²) >= 11 is 0. The largest absolute Gasteiger partial charge is 0.379 e. The van der Waals surface area contributed by atoms with Gasteiger partial charge in [0.15, 0.2) is 0 Å². The molecule has 1 aromatic rings. The van der Waals surface area contributed by atoms with Gasteiger partial charge in [-0.05, 0) is 6.42 Å². The topological polar surface area (TPSA) is 37.8 Å². The van der Waals surface area contributed by atoms with E-state index in [0.29, 0.717) is 17.9 Å². The second kappa shape index (κ2) is 2.22. The van der Waals surface area contributed by atoms with Crippen molar-refractivity contribution in [3.63, 3.8) is 0 Å². The van der Waals surface area contributed by atoms with Crippen molar-refractivity contribution >= 4 is 5.69 Å². The lowest BCUT2D eigenvalue weighted by Gasteiger charge is -2.07. The molecule has 3 heteroatoms. The van der Waals surface area contributed by atoms with Gasteiger partial charge in [-0.1, -0.05) is 13.8 Å². The van der Waals surface area contributed by atoms with Crippen LogP contribution in [0.4, 0.5) is 5.69 Å². The maximum absolute atomic E-state index is 4.60. The fourth-order valence-electron chi connectivity index (χ4n) is 1.94. The summed E-state index contributed by atoms with van der Waals surface area (Å²) in [5.41, 5.74) is 2.41. The van der Waals surface area contributed by atoms with Gasteiger partial charge in [-0.2, -0.15) is 0 Å². The second-order valence-electron chi connectivity index (χ2n) is 4.27. The Morgan fingerprint density at radius 2 is 2.38 bits per heavy atom. The molecule has 2 unspecified atom stereocenters. The molecule has 1 aliphatic heterocycles. The van der Waals surface area contributed by atoms with Crippen molar-refractivity contribution in [1.82, 2.24) is 9.97 Å². The van der Waals surface area contributed by atoms with Gasteiger partial charge in [0.05, 0.1) is 17.6 Å². The van der Waals surface area contributed by atoms with Gasteiger partial charge in [0.25, 0.3) is 0 Å². The molecule has 2 heterocycles. The molecule has 2 atom stereocenters. The van der Waals surface area contributed by atoms with Crippen LogP contribution in [0.1, 0.15) is 43.6 Å². The quantitative estimate of drug-likeness (QED) is 0.708. The first-order valence-electron chi connectivity index (χ1n) is 4.89. The van der Waals surface area contributed by atoms with Crippen LogP contribution in [0.3, 0.4) is 0 Å². The molecule has 1 aliphatic carbocycles. The maximum atomic E-state index is 4.60. The number of nitrogens with one attached hydrogen (secondary N) is 1. The second-order valence-corrected chi connectivity index (χ2v) is 4.27. The van der Waals surface area contributed by atoms with Gasteiger partial charge in [0, 0.05) is 17.9 Å². The molecule has 0 bridgehead atoms. The number of rotatable bonds is 1. The number of hydrogen-bond donors (Lipinski definition) is 1. The van der Waals surface area contributed by atoms with Crippen molar-refractivity contribution in [1.29, 1.82) is 0 Å². The van der Waals surface area contributed by atoms with E-state index in [2.05, 4.69) is 29.1 Å². The van der Waals surface area contributed by atoms with Crippen LogP contribution in [0.5, 0.6) is 0 Å². The highest BCUT2D eigenvalue weighted by Crippen LogP contribution is 2.50. The van der Waals surface area contributed by atoms with Crippen LogP contribution in [-0.4, -0.2) is 16.0 Å². The maximum Gasteiger partial charge on any atom is 0.131 e. The standard InChI is InChI=1S/C10H13N3/c1-5(2)10-11-4-8-9(13-10)6-3-7(6)12-8/h4-7,12H,3H2,1-2H3. The van der Waals surface area contributed by atoms with Gasteiger partial charge < -0.3 is 5.32 Å². The van der Waals surface area contributed by atoms with Crippen LogP contribution in [0, 0.1) is 0 Å². The Morgan fingerprint density at radius 3 is 3.15 bits per heavy atom. The van der Waals surface area contributed by atoms with E-state index in [1.54, 1.807) is 0 Å². The fourth-order valence-corrected chi connectivity index (χ4v) is 1.94. The number of aromatic nitrogens is 2. The SMILES string of the molecule is CC(C)c1ncc2c(n1)C1CC1N2. The van der Waals surface area contributed by atoms with Crippen LogP contribution >= 0.6 is 0 Å². The third-order valence-corrected chi connectivity index (χ3v) is 2.84. The van der Waals surface area contributed by atoms with Gasteiger partial charge in [-0.3, -0.25) is 0 Å². The summed E-state index contributed by atoms with van der Waals surface area (Å²) in [7, 11) is 0. The highest BCUT2D eigenvalue weighted by molar-refractivity contribution is 5.59. The minimum absolute atomic E-state index is 0.433. The highest BCUT2D eigenvalue weighted by Gasteiger charge is 2.46. The van der Waals surface area contributed by atoms with E-state index < -0.39 is 0 Å². The average Bonchev–Trinajstić information content (AvgIpc) is 2.78. The van der Waals surface area contributed by atoms with E-state index >= 15 is 0 Å².